The summed E-state index contributed by atoms with van der Waals surface area (Å²) in [7, 11) is -4.10. The lowest BCUT2D eigenvalue weighted by molar-refractivity contribution is -0.385. The number of nitro benzene ring substituents is 1. The minimum Gasteiger partial charge on any atom is -0.258 e. The number of nitrogens with zero attached hydrogens (tertiary/aromatic N) is 2. The molecule has 1 aromatic carbocycles. The van der Waals surface area contributed by atoms with Crippen molar-refractivity contribution in [3.8, 4) is 6.07 Å². The molecule has 0 aromatic heterocycles. The van der Waals surface area contributed by atoms with Crippen LogP contribution in [0.1, 0.15) is 6.42 Å². The van der Waals surface area contributed by atoms with Gasteiger partial charge in [0, 0.05) is 19.0 Å². The number of benzene rings is 1. The highest BCUT2D eigenvalue weighted by Crippen LogP contribution is 2.20. The van der Waals surface area contributed by atoms with E-state index in [2.05, 4.69) is 0 Å². The van der Waals surface area contributed by atoms with Gasteiger partial charge in [-0.05, 0) is 6.07 Å². The molecule has 0 spiro atoms. The van der Waals surface area contributed by atoms with Gasteiger partial charge in [-0.15, -0.1) is 0 Å². The Hall–Kier alpha value is -2.05. The molecule has 0 unspecified atom stereocenters. The molecule has 0 aliphatic heterocycles. The third-order valence-corrected chi connectivity index (χ3v) is 3.44. The average molecular weight is 273 g/mol. The van der Waals surface area contributed by atoms with Crippen LogP contribution >= 0.6 is 0 Å². The molecule has 18 heavy (non-hydrogen) atoms. The van der Waals surface area contributed by atoms with E-state index >= 15 is 0 Å². The quantitative estimate of drug-likeness (QED) is 0.487. The predicted molar refractivity (Wildman–Crippen MR) is 58.5 cm³/mol. The zero-order valence-electron chi connectivity index (χ0n) is 8.96. The summed E-state index contributed by atoms with van der Waals surface area (Å²) < 4.78 is 38.6. The van der Waals surface area contributed by atoms with E-state index in [1.165, 1.54) is 0 Å². The molecular weight excluding hydrogens is 265 g/mol. The molecule has 0 heterocycles. The first-order valence-corrected chi connectivity index (χ1v) is 6.17. The summed E-state index contributed by atoms with van der Waals surface area (Å²) in [5.74, 6) is -1.21. The van der Waals surface area contributed by atoms with E-state index in [9.17, 15) is 22.9 Å². The van der Waals surface area contributed by atoms with E-state index in [1.807, 2.05) is 4.72 Å². The summed E-state index contributed by atoms with van der Waals surface area (Å²) >= 11 is 0. The zero-order valence-corrected chi connectivity index (χ0v) is 9.78. The van der Waals surface area contributed by atoms with Crippen molar-refractivity contribution in [3.05, 3.63) is 34.1 Å². The van der Waals surface area contributed by atoms with E-state index in [-0.39, 0.29) is 13.0 Å². The minimum atomic E-state index is -4.10. The highest BCUT2D eigenvalue weighted by atomic mass is 32.2. The van der Waals surface area contributed by atoms with Gasteiger partial charge in [-0.25, -0.2) is 17.5 Å². The number of halogens is 1. The van der Waals surface area contributed by atoms with Crippen molar-refractivity contribution >= 4 is 15.7 Å². The van der Waals surface area contributed by atoms with Gasteiger partial charge in [-0.3, -0.25) is 10.1 Å². The molecule has 0 atom stereocenters. The smallest absolute Gasteiger partial charge is 0.258 e. The SMILES string of the molecule is N#CCCNS(=O)(=O)c1ccc([N+](=O)[O-])cc1F. The Balaban J connectivity index is 3.03. The number of nitro groups is 1. The van der Waals surface area contributed by atoms with E-state index in [1.54, 1.807) is 6.07 Å². The molecule has 0 saturated carbocycles. The third kappa shape index (κ3) is 3.22. The van der Waals surface area contributed by atoms with Gasteiger partial charge in [0.2, 0.25) is 10.0 Å². The van der Waals surface area contributed by atoms with Gasteiger partial charge < -0.3 is 0 Å². The van der Waals surface area contributed by atoms with Crippen LogP contribution in [0.3, 0.4) is 0 Å². The van der Waals surface area contributed by atoms with Gasteiger partial charge in [-0.1, -0.05) is 0 Å². The minimum absolute atomic E-state index is 0.0617. The fourth-order valence-corrected chi connectivity index (χ4v) is 2.23. The largest absolute Gasteiger partial charge is 0.272 e. The molecule has 7 nitrogen and oxygen atoms in total. The van der Waals surface area contributed by atoms with Gasteiger partial charge in [0.05, 0.1) is 17.1 Å². The maximum absolute atomic E-state index is 13.4. The molecule has 0 saturated heterocycles. The van der Waals surface area contributed by atoms with Crippen LogP contribution in [0.15, 0.2) is 23.1 Å². The lowest BCUT2D eigenvalue weighted by Gasteiger charge is -2.05. The standard InChI is InChI=1S/C9H8FN3O4S/c10-8-6-7(13(14)15)2-3-9(8)18(16,17)12-5-1-4-11/h2-3,6,12H,1,5H2. The summed E-state index contributed by atoms with van der Waals surface area (Å²) in [4.78, 5) is 8.84. The molecule has 0 aliphatic carbocycles. The third-order valence-electron chi connectivity index (χ3n) is 1.94. The van der Waals surface area contributed by atoms with E-state index < -0.39 is 31.3 Å². The van der Waals surface area contributed by atoms with Gasteiger partial charge in [-0.2, -0.15) is 5.26 Å². The molecule has 96 valence electrons. The highest BCUT2D eigenvalue weighted by Gasteiger charge is 2.21. The number of rotatable bonds is 5. The molecule has 1 rings (SSSR count). The van der Waals surface area contributed by atoms with Gasteiger partial charge >= 0.3 is 0 Å². The van der Waals surface area contributed by atoms with Crippen LogP contribution in [-0.4, -0.2) is 19.9 Å². The maximum Gasteiger partial charge on any atom is 0.272 e. The molecule has 1 aromatic rings. The van der Waals surface area contributed by atoms with Crippen molar-refractivity contribution in [2.75, 3.05) is 6.54 Å². The number of hydrogen-bond acceptors (Lipinski definition) is 5. The second-order valence-electron chi connectivity index (χ2n) is 3.18. The zero-order chi connectivity index (χ0) is 13.8. The Morgan fingerprint density at radius 1 is 1.50 bits per heavy atom. The fraction of sp³-hybridized carbons (Fsp3) is 0.222. The Morgan fingerprint density at radius 2 is 2.17 bits per heavy atom. The molecule has 0 bridgehead atoms. The first-order valence-electron chi connectivity index (χ1n) is 4.69. The van der Waals surface area contributed by atoms with Crippen LogP contribution in [-0.2, 0) is 10.0 Å². The van der Waals surface area contributed by atoms with E-state index in [4.69, 9.17) is 5.26 Å². The van der Waals surface area contributed by atoms with Crippen molar-refractivity contribution < 1.29 is 17.7 Å². The number of hydrogen-bond donors (Lipinski definition) is 1. The van der Waals surface area contributed by atoms with Crippen LogP contribution in [0.5, 0.6) is 0 Å². The summed E-state index contributed by atoms with van der Waals surface area (Å²) in [6, 6.07) is 3.95. The van der Waals surface area contributed by atoms with Crippen LogP contribution in [0, 0.1) is 27.3 Å². The van der Waals surface area contributed by atoms with Crippen molar-refractivity contribution in [1.82, 2.24) is 4.72 Å². The second-order valence-corrected chi connectivity index (χ2v) is 4.91. The number of sulfonamides is 1. The molecule has 0 fully saturated rings. The Kier molecular flexibility index (Phi) is 4.30. The Morgan fingerprint density at radius 3 is 2.67 bits per heavy atom. The normalized spacial score (nSPS) is 10.9. The molecule has 1 N–H and O–H groups in total. The predicted octanol–water partition coefficient (Wildman–Crippen LogP) is 0.926. The second kappa shape index (κ2) is 5.52. The summed E-state index contributed by atoms with van der Waals surface area (Å²) in [5, 5.41) is 18.6. The van der Waals surface area contributed by atoms with Crippen molar-refractivity contribution in [2.24, 2.45) is 0 Å². The van der Waals surface area contributed by atoms with Crippen molar-refractivity contribution in [3.63, 3.8) is 0 Å². The van der Waals surface area contributed by atoms with E-state index in [0.717, 1.165) is 12.1 Å². The first kappa shape index (κ1) is 14.0. The molecular formula is C9H8FN3O4S. The monoisotopic (exact) mass is 273 g/mol. The van der Waals surface area contributed by atoms with Crippen molar-refractivity contribution in [2.45, 2.75) is 11.3 Å². The Bertz CT molecular complexity index is 609. The first-order chi connectivity index (χ1) is 8.38. The van der Waals surface area contributed by atoms with Crippen LogP contribution in [0.4, 0.5) is 10.1 Å². The topological polar surface area (TPSA) is 113 Å². The van der Waals surface area contributed by atoms with Crippen molar-refractivity contribution in [1.29, 1.82) is 5.26 Å². The van der Waals surface area contributed by atoms with Gasteiger partial charge in [0.25, 0.3) is 5.69 Å². The van der Waals surface area contributed by atoms with Crippen LogP contribution in [0.2, 0.25) is 0 Å². The van der Waals surface area contributed by atoms with Crippen LogP contribution in [0.25, 0.3) is 0 Å². The molecule has 0 amide bonds. The lowest BCUT2D eigenvalue weighted by Crippen LogP contribution is -2.25. The molecule has 0 radical (unpaired) electrons. The highest BCUT2D eigenvalue weighted by molar-refractivity contribution is 7.89. The lowest BCUT2D eigenvalue weighted by atomic mass is 10.3. The fourth-order valence-electron chi connectivity index (χ4n) is 1.14. The molecule has 0 aliphatic rings. The summed E-state index contributed by atoms with van der Waals surface area (Å²) in [5.41, 5.74) is -0.538. The Labute approximate surface area is 102 Å². The van der Waals surface area contributed by atoms with Crippen LogP contribution < -0.4 is 4.72 Å². The van der Waals surface area contributed by atoms with Gasteiger partial charge in [0.1, 0.15) is 10.7 Å². The number of nitrogens with one attached hydrogen (secondary N) is 1. The average Bonchev–Trinajstić information content (AvgIpc) is 2.28. The summed E-state index contributed by atoms with van der Waals surface area (Å²) in [6.45, 7) is -0.157. The van der Waals surface area contributed by atoms with E-state index in [0.29, 0.717) is 6.07 Å². The van der Waals surface area contributed by atoms with Gasteiger partial charge in [0.15, 0.2) is 0 Å². The summed E-state index contributed by atoms with van der Waals surface area (Å²) in [6.07, 6.45) is -0.0617. The number of non-ortho nitro benzene ring substituents is 1. The maximum atomic E-state index is 13.4. The number of nitriles is 1. The molecule has 9 heteroatoms.